The van der Waals surface area contributed by atoms with Gasteiger partial charge >= 0.3 is 0 Å². The third-order valence-electron chi connectivity index (χ3n) is 4.52. The first-order valence-electron chi connectivity index (χ1n) is 5.85. The molecule has 84 valence electrons. The summed E-state index contributed by atoms with van der Waals surface area (Å²) in [5.74, 6) is 2.26. The molecule has 3 nitrogen and oxygen atoms in total. The lowest BCUT2D eigenvalue weighted by molar-refractivity contribution is 0.00655. The van der Waals surface area contributed by atoms with Crippen LogP contribution >= 0.6 is 11.6 Å². The topological polar surface area (TPSA) is 61.9 Å². The summed E-state index contributed by atoms with van der Waals surface area (Å²) in [5.41, 5.74) is 5.44. The summed E-state index contributed by atoms with van der Waals surface area (Å²) < 4.78 is 0. The zero-order valence-electron chi connectivity index (χ0n) is 8.80. The molecule has 0 aliphatic heterocycles. The van der Waals surface area contributed by atoms with E-state index in [1.807, 2.05) is 0 Å². The lowest BCUT2D eigenvalue weighted by Gasteiger charge is -2.57. The molecule has 2 unspecified atom stereocenters. The van der Waals surface area contributed by atoms with Crippen molar-refractivity contribution in [2.24, 2.45) is 23.5 Å². The molecule has 0 aromatic heterocycles. The van der Waals surface area contributed by atoms with Crippen LogP contribution < -0.4 is 11.1 Å². The molecule has 0 radical (unpaired) electrons. The number of hydrogen-bond acceptors (Lipinski definition) is 1. The maximum atomic E-state index is 7.35. The van der Waals surface area contributed by atoms with Gasteiger partial charge in [-0.15, -0.1) is 11.6 Å². The van der Waals surface area contributed by atoms with Gasteiger partial charge in [-0.25, -0.2) is 0 Å². The van der Waals surface area contributed by atoms with E-state index in [0.717, 1.165) is 18.8 Å². The van der Waals surface area contributed by atoms with Crippen LogP contribution in [0.5, 0.6) is 0 Å². The maximum Gasteiger partial charge on any atom is 0.185 e. The van der Waals surface area contributed by atoms with Crippen molar-refractivity contribution in [1.29, 1.82) is 5.41 Å². The molecule has 0 amide bonds. The zero-order chi connectivity index (χ0) is 10.6. The Morgan fingerprint density at radius 3 is 2.33 bits per heavy atom. The first kappa shape index (κ1) is 9.76. The van der Waals surface area contributed by atoms with Crippen molar-refractivity contribution in [2.75, 3.05) is 0 Å². The average molecular weight is 228 g/mol. The normalized spacial score (nSPS) is 51.8. The zero-order valence-corrected chi connectivity index (χ0v) is 9.56. The van der Waals surface area contributed by atoms with Gasteiger partial charge in [0.1, 0.15) is 0 Å². The second kappa shape index (κ2) is 3.03. The summed E-state index contributed by atoms with van der Waals surface area (Å²) in [5, 5.41) is 10.5. The molecule has 0 saturated heterocycles. The molecule has 0 aromatic carbocycles. The van der Waals surface area contributed by atoms with Gasteiger partial charge in [-0.05, 0) is 49.9 Å². The first-order chi connectivity index (χ1) is 7.06. The molecule has 4 bridgehead atoms. The van der Waals surface area contributed by atoms with Crippen molar-refractivity contribution in [3.8, 4) is 0 Å². The van der Waals surface area contributed by atoms with Crippen molar-refractivity contribution >= 4 is 17.6 Å². The molecule has 4 rings (SSSR count). The fourth-order valence-electron chi connectivity index (χ4n) is 4.34. The summed E-state index contributed by atoms with van der Waals surface area (Å²) in [6, 6.07) is 0.422. The Bertz CT molecular complexity index is 288. The number of nitrogens with two attached hydrogens (primary N) is 1. The highest BCUT2D eigenvalue weighted by Gasteiger charge is 2.54. The summed E-state index contributed by atoms with van der Waals surface area (Å²) in [7, 11) is 0. The molecule has 4 aliphatic rings. The highest BCUT2D eigenvalue weighted by atomic mass is 35.5. The fourth-order valence-corrected chi connectivity index (χ4v) is 4.95. The van der Waals surface area contributed by atoms with Gasteiger partial charge in [0.2, 0.25) is 0 Å². The number of hydrogen-bond donors (Lipinski definition) is 3. The van der Waals surface area contributed by atoms with Gasteiger partial charge in [-0.1, -0.05) is 0 Å². The molecule has 4 fully saturated rings. The predicted molar refractivity (Wildman–Crippen MR) is 61.0 cm³/mol. The van der Waals surface area contributed by atoms with Crippen molar-refractivity contribution in [1.82, 2.24) is 5.32 Å². The van der Waals surface area contributed by atoms with E-state index in [4.69, 9.17) is 22.7 Å². The van der Waals surface area contributed by atoms with Gasteiger partial charge in [0.05, 0.1) is 0 Å². The lowest BCUT2D eigenvalue weighted by Crippen LogP contribution is -2.60. The molecular formula is C11H18ClN3. The summed E-state index contributed by atoms with van der Waals surface area (Å²) in [4.78, 5) is 0.0888. The van der Waals surface area contributed by atoms with Gasteiger partial charge in [0.15, 0.2) is 5.96 Å². The smallest absolute Gasteiger partial charge is 0.185 e. The van der Waals surface area contributed by atoms with E-state index < -0.39 is 0 Å². The van der Waals surface area contributed by atoms with Crippen LogP contribution in [-0.4, -0.2) is 16.9 Å². The van der Waals surface area contributed by atoms with Gasteiger partial charge in [0, 0.05) is 10.9 Å². The second-order valence-electron chi connectivity index (χ2n) is 5.70. The third kappa shape index (κ3) is 1.52. The molecule has 4 saturated carbocycles. The molecular weight excluding hydrogens is 210 g/mol. The first-order valence-corrected chi connectivity index (χ1v) is 6.23. The average Bonchev–Trinajstić information content (AvgIpc) is 2.08. The minimum atomic E-state index is 0.0888. The number of guanidine groups is 1. The van der Waals surface area contributed by atoms with Crippen molar-refractivity contribution in [3.05, 3.63) is 0 Å². The quantitative estimate of drug-likeness (QED) is 0.363. The Morgan fingerprint density at radius 2 is 1.87 bits per heavy atom. The minimum absolute atomic E-state index is 0.0888. The number of nitrogens with one attached hydrogen (secondary N) is 2. The fraction of sp³-hybridized carbons (Fsp3) is 0.909. The van der Waals surface area contributed by atoms with E-state index in [0.29, 0.717) is 17.9 Å². The molecule has 4 heteroatoms. The van der Waals surface area contributed by atoms with Crippen LogP contribution in [0.2, 0.25) is 0 Å². The van der Waals surface area contributed by atoms with E-state index in [-0.39, 0.29) is 10.8 Å². The van der Waals surface area contributed by atoms with E-state index in [1.165, 1.54) is 19.3 Å². The molecule has 0 heterocycles. The lowest BCUT2D eigenvalue weighted by atomic mass is 9.54. The number of alkyl halides is 1. The van der Waals surface area contributed by atoms with Crippen LogP contribution in [0.3, 0.4) is 0 Å². The third-order valence-corrected chi connectivity index (χ3v) is 4.98. The molecule has 2 atom stereocenters. The van der Waals surface area contributed by atoms with Crippen LogP contribution in [-0.2, 0) is 0 Å². The van der Waals surface area contributed by atoms with E-state index >= 15 is 0 Å². The van der Waals surface area contributed by atoms with Gasteiger partial charge in [-0.3, -0.25) is 5.41 Å². The summed E-state index contributed by atoms with van der Waals surface area (Å²) in [6.45, 7) is 0. The number of halogens is 1. The van der Waals surface area contributed by atoms with E-state index in [9.17, 15) is 0 Å². The van der Waals surface area contributed by atoms with Crippen LogP contribution in [0.15, 0.2) is 0 Å². The molecule has 15 heavy (non-hydrogen) atoms. The van der Waals surface area contributed by atoms with Gasteiger partial charge < -0.3 is 11.1 Å². The highest BCUT2D eigenvalue weighted by Crippen LogP contribution is 2.58. The van der Waals surface area contributed by atoms with E-state index in [2.05, 4.69) is 5.32 Å². The van der Waals surface area contributed by atoms with Crippen molar-refractivity contribution in [3.63, 3.8) is 0 Å². The SMILES string of the molecule is N=C(N)NC1C2CC3CC1CC(Cl)(C3)C2. The minimum Gasteiger partial charge on any atom is -0.370 e. The Balaban J connectivity index is 1.82. The second-order valence-corrected chi connectivity index (χ2v) is 6.51. The van der Waals surface area contributed by atoms with Crippen LogP contribution in [0.4, 0.5) is 0 Å². The maximum absolute atomic E-state index is 7.35. The Kier molecular flexibility index (Phi) is 1.97. The number of rotatable bonds is 1. The van der Waals surface area contributed by atoms with Crippen LogP contribution in [0.25, 0.3) is 0 Å². The standard InChI is InChI=1S/C11H18ClN3/c12-11-3-6-1-7(4-11)9(15-10(13)14)8(2-6)5-11/h6-9H,1-5H2,(H4,13,14,15). The molecule has 0 spiro atoms. The summed E-state index contributed by atoms with van der Waals surface area (Å²) >= 11 is 6.62. The largest absolute Gasteiger partial charge is 0.370 e. The van der Waals surface area contributed by atoms with E-state index in [1.54, 1.807) is 0 Å². The Hall–Kier alpha value is -0.440. The summed E-state index contributed by atoms with van der Waals surface area (Å²) in [6.07, 6.45) is 6.03. The van der Waals surface area contributed by atoms with Crippen molar-refractivity contribution in [2.45, 2.75) is 43.0 Å². The molecule has 0 aromatic rings. The van der Waals surface area contributed by atoms with Gasteiger partial charge in [0.25, 0.3) is 0 Å². The van der Waals surface area contributed by atoms with Gasteiger partial charge in [-0.2, -0.15) is 0 Å². The molecule has 4 aliphatic carbocycles. The Morgan fingerprint density at radius 1 is 1.27 bits per heavy atom. The molecule has 4 N–H and O–H groups in total. The monoisotopic (exact) mass is 227 g/mol. The predicted octanol–water partition coefficient (Wildman–Crippen LogP) is 1.66. The van der Waals surface area contributed by atoms with Crippen LogP contribution in [0, 0.1) is 23.2 Å². The Labute approximate surface area is 95.2 Å². The highest BCUT2D eigenvalue weighted by molar-refractivity contribution is 6.24. The van der Waals surface area contributed by atoms with Crippen molar-refractivity contribution < 1.29 is 0 Å². The van der Waals surface area contributed by atoms with Crippen LogP contribution in [0.1, 0.15) is 32.1 Å².